The number of nitrogens with zero attached hydrogens (tertiary/aromatic N) is 2. The molecule has 3 rings (SSSR count). The molecule has 2 aromatic rings. The molecule has 1 aromatic heterocycles. The molecule has 0 saturated heterocycles. The molecule has 2 amide bonds. The Hall–Kier alpha value is -3.33. The summed E-state index contributed by atoms with van der Waals surface area (Å²) >= 11 is 0. The minimum Gasteiger partial charge on any atom is -0.481 e. The Kier molecular flexibility index (Phi) is 5.60. The fourth-order valence-electron chi connectivity index (χ4n) is 3.65. The number of rotatable bonds is 7. The summed E-state index contributed by atoms with van der Waals surface area (Å²) < 4.78 is 15.4. The first-order valence-corrected chi connectivity index (χ1v) is 8.98. The fraction of sp³-hybridized carbons (Fsp3) is 0.300. The normalized spacial score (nSPS) is 16.6. The zero-order valence-electron chi connectivity index (χ0n) is 15.6. The first kappa shape index (κ1) is 20.4. The third-order valence-corrected chi connectivity index (χ3v) is 5.06. The lowest BCUT2D eigenvalue weighted by atomic mass is 9.98. The number of amides is 2. The van der Waals surface area contributed by atoms with Crippen molar-refractivity contribution >= 4 is 17.8 Å². The van der Waals surface area contributed by atoms with Gasteiger partial charge in [-0.3, -0.25) is 19.4 Å². The molecular formula is C20H20FN3O5. The fourth-order valence-corrected chi connectivity index (χ4v) is 3.65. The lowest BCUT2D eigenvalue weighted by molar-refractivity contribution is -0.137. The second-order valence-corrected chi connectivity index (χ2v) is 6.83. The molecule has 0 bridgehead atoms. The van der Waals surface area contributed by atoms with E-state index >= 15 is 4.39 Å². The zero-order valence-corrected chi connectivity index (χ0v) is 15.6. The van der Waals surface area contributed by atoms with Crippen LogP contribution in [0.4, 0.5) is 4.39 Å². The van der Waals surface area contributed by atoms with Crippen LogP contribution in [0.2, 0.25) is 0 Å². The van der Waals surface area contributed by atoms with Gasteiger partial charge in [0.05, 0.1) is 18.3 Å². The van der Waals surface area contributed by atoms with E-state index in [1.54, 1.807) is 19.1 Å². The SMILES string of the molecule is C[C@@H]1c2c(ccc(-c3cc(CO)ccn3)c2F)C(=O)N1C(CCC(=O)O)C(N)=O. The van der Waals surface area contributed by atoms with Crippen LogP contribution in [0, 0.1) is 5.82 Å². The average Bonchev–Trinajstić information content (AvgIpc) is 2.93. The van der Waals surface area contributed by atoms with E-state index in [1.165, 1.54) is 18.3 Å². The van der Waals surface area contributed by atoms with Gasteiger partial charge in [-0.25, -0.2) is 4.39 Å². The molecule has 0 radical (unpaired) electrons. The van der Waals surface area contributed by atoms with Crippen LogP contribution in [0.3, 0.4) is 0 Å². The van der Waals surface area contributed by atoms with Crippen LogP contribution < -0.4 is 5.73 Å². The van der Waals surface area contributed by atoms with E-state index < -0.39 is 35.7 Å². The molecule has 9 heteroatoms. The second-order valence-electron chi connectivity index (χ2n) is 6.83. The third-order valence-electron chi connectivity index (χ3n) is 5.06. The van der Waals surface area contributed by atoms with Crippen LogP contribution in [0.15, 0.2) is 30.5 Å². The van der Waals surface area contributed by atoms with Gasteiger partial charge in [0, 0.05) is 29.3 Å². The van der Waals surface area contributed by atoms with Crippen molar-refractivity contribution in [2.24, 2.45) is 5.73 Å². The lowest BCUT2D eigenvalue weighted by Crippen LogP contribution is -2.46. The summed E-state index contributed by atoms with van der Waals surface area (Å²) in [6.45, 7) is 1.33. The van der Waals surface area contributed by atoms with Gasteiger partial charge in [0.15, 0.2) is 0 Å². The quantitative estimate of drug-likeness (QED) is 0.645. The van der Waals surface area contributed by atoms with Crippen molar-refractivity contribution in [1.82, 2.24) is 9.88 Å². The van der Waals surface area contributed by atoms with E-state index in [1.807, 2.05) is 0 Å². The van der Waals surface area contributed by atoms with Crippen LogP contribution in [0.1, 0.15) is 47.3 Å². The van der Waals surface area contributed by atoms with E-state index in [-0.39, 0.29) is 36.1 Å². The van der Waals surface area contributed by atoms with Crippen molar-refractivity contribution in [3.8, 4) is 11.3 Å². The van der Waals surface area contributed by atoms with Crippen molar-refractivity contribution in [3.05, 3.63) is 53.0 Å². The molecule has 1 aromatic carbocycles. The van der Waals surface area contributed by atoms with Crippen LogP contribution in [0.5, 0.6) is 0 Å². The van der Waals surface area contributed by atoms with E-state index in [0.717, 1.165) is 4.90 Å². The minimum absolute atomic E-state index is 0.0960. The largest absolute Gasteiger partial charge is 0.481 e. The van der Waals surface area contributed by atoms with Gasteiger partial charge in [-0.2, -0.15) is 0 Å². The Labute approximate surface area is 165 Å². The van der Waals surface area contributed by atoms with Crippen LogP contribution in [-0.2, 0) is 16.2 Å². The number of aliphatic carboxylic acids is 1. The summed E-state index contributed by atoms with van der Waals surface area (Å²) in [6.07, 6.45) is 0.929. The van der Waals surface area contributed by atoms with Crippen molar-refractivity contribution in [1.29, 1.82) is 0 Å². The van der Waals surface area contributed by atoms with Crippen molar-refractivity contribution in [3.63, 3.8) is 0 Å². The van der Waals surface area contributed by atoms with Gasteiger partial charge in [0.2, 0.25) is 5.91 Å². The third kappa shape index (κ3) is 3.68. The van der Waals surface area contributed by atoms with Crippen LogP contribution in [0.25, 0.3) is 11.3 Å². The maximum absolute atomic E-state index is 15.4. The number of carbonyl (C=O) groups is 3. The zero-order chi connectivity index (χ0) is 21.3. The Balaban J connectivity index is 2.03. The van der Waals surface area contributed by atoms with Gasteiger partial charge < -0.3 is 20.8 Å². The predicted molar refractivity (Wildman–Crippen MR) is 100.0 cm³/mol. The van der Waals surface area contributed by atoms with Gasteiger partial charge in [0.25, 0.3) is 5.91 Å². The van der Waals surface area contributed by atoms with Crippen molar-refractivity contribution in [2.45, 2.75) is 38.5 Å². The Morgan fingerprint density at radius 1 is 1.31 bits per heavy atom. The molecule has 152 valence electrons. The van der Waals surface area contributed by atoms with Gasteiger partial charge in [-0.05, 0) is 43.2 Å². The van der Waals surface area contributed by atoms with Gasteiger partial charge in [-0.15, -0.1) is 0 Å². The summed E-state index contributed by atoms with van der Waals surface area (Å²) in [6, 6.07) is 4.03. The molecule has 0 saturated carbocycles. The number of carboxylic acid groups (broad SMARTS) is 1. The van der Waals surface area contributed by atoms with E-state index in [0.29, 0.717) is 11.3 Å². The Bertz CT molecular complexity index is 994. The highest BCUT2D eigenvalue weighted by atomic mass is 19.1. The maximum Gasteiger partial charge on any atom is 0.303 e. The molecule has 1 aliphatic heterocycles. The van der Waals surface area contributed by atoms with Crippen LogP contribution >= 0.6 is 0 Å². The average molecular weight is 401 g/mol. The van der Waals surface area contributed by atoms with Crippen molar-refractivity contribution < 1.29 is 29.0 Å². The number of hydrogen-bond donors (Lipinski definition) is 3. The second kappa shape index (κ2) is 7.96. The number of pyridine rings is 1. The lowest BCUT2D eigenvalue weighted by Gasteiger charge is -2.29. The molecule has 1 aliphatic rings. The molecule has 4 N–H and O–H groups in total. The van der Waals surface area contributed by atoms with Gasteiger partial charge in [0.1, 0.15) is 11.9 Å². The Morgan fingerprint density at radius 2 is 2.00 bits per heavy atom. The number of aromatic nitrogens is 1. The van der Waals surface area contributed by atoms with Gasteiger partial charge in [-0.1, -0.05) is 0 Å². The summed E-state index contributed by atoms with van der Waals surface area (Å²) in [5.74, 6) is -3.22. The number of nitrogens with two attached hydrogens (primary N) is 1. The highest BCUT2D eigenvalue weighted by Crippen LogP contribution is 2.40. The van der Waals surface area contributed by atoms with E-state index in [9.17, 15) is 19.5 Å². The number of benzene rings is 1. The molecule has 2 atom stereocenters. The smallest absolute Gasteiger partial charge is 0.303 e. The molecule has 0 spiro atoms. The number of primary amides is 1. The molecule has 29 heavy (non-hydrogen) atoms. The summed E-state index contributed by atoms with van der Waals surface area (Å²) in [5.41, 5.74) is 6.61. The first-order chi connectivity index (χ1) is 13.8. The summed E-state index contributed by atoms with van der Waals surface area (Å²) in [7, 11) is 0. The highest BCUT2D eigenvalue weighted by Gasteiger charge is 2.42. The first-order valence-electron chi connectivity index (χ1n) is 8.98. The standard InChI is InChI=1S/C20H20FN3O5/c1-10-17-13(20(29)24(10)15(19(22)28)4-5-16(26)27)3-2-12(18(17)21)14-8-11(9-25)6-7-23-14/h2-3,6-8,10,15,25H,4-5,9H2,1H3,(H2,22,28)(H,26,27)/t10-,15?/m1/s1. The minimum atomic E-state index is -1.17. The van der Waals surface area contributed by atoms with Crippen LogP contribution in [-0.4, -0.2) is 43.9 Å². The number of aliphatic hydroxyl groups is 1. The summed E-state index contributed by atoms with van der Waals surface area (Å²) in [5, 5.41) is 18.2. The number of halogens is 1. The van der Waals surface area contributed by atoms with Crippen molar-refractivity contribution in [2.75, 3.05) is 0 Å². The Morgan fingerprint density at radius 3 is 2.62 bits per heavy atom. The molecule has 0 fully saturated rings. The monoisotopic (exact) mass is 401 g/mol. The molecule has 2 heterocycles. The van der Waals surface area contributed by atoms with Gasteiger partial charge >= 0.3 is 5.97 Å². The molecule has 8 nitrogen and oxygen atoms in total. The highest BCUT2D eigenvalue weighted by molar-refractivity contribution is 6.02. The maximum atomic E-state index is 15.4. The topological polar surface area (TPSA) is 134 Å². The summed E-state index contributed by atoms with van der Waals surface area (Å²) in [4.78, 5) is 40.9. The predicted octanol–water partition coefficient (Wildman–Crippen LogP) is 1.62. The molecular weight excluding hydrogens is 381 g/mol. The molecule has 1 unspecified atom stereocenters. The van der Waals surface area contributed by atoms with E-state index in [4.69, 9.17) is 10.8 Å². The van der Waals surface area contributed by atoms with E-state index in [2.05, 4.69) is 4.98 Å². The number of hydrogen-bond acceptors (Lipinski definition) is 5. The number of fused-ring (bicyclic) bond motifs is 1. The number of carbonyl (C=O) groups excluding carboxylic acids is 2. The molecule has 0 aliphatic carbocycles. The number of aliphatic hydroxyl groups excluding tert-OH is 1. The number of carboxylic acids is 1.